The second kappa shape index (κ2) is 14.6. The van der Waals surface area contributed by atoms with Crippen molar-refractivity contribution in [2.75, 3.05) is 50.7 Å². The average molecular weight is 585 g/mol. The molecule has 0 unspecified atom stereocenters. The van der Waals surface area contributed by atoms with Gasteiger partial charge in [-0.2, -0.15) is 0 Å². The second-order valence-corrected chi connectivity index (χ2v) is 9.45. The van der Waals surface area contributed by atoms with Gasteiger partial charge in [0.1, 0.15) is 18.5 Å². The molecule has 3 N–H and O–H groups in total. The van der Waals surface area contributed by atoms with Crippen LogP contribution in [0, 0.1) is 6.92 Å². The van der Waals surface area contributed by atoms with E-state index in [2.05, 4.69) is 21.0 Å². The van der Waals surface area contributed by atoms with Gasteiger partial charge in [0.25, 0.3) is 0 Å². The lowest BCUT2D eigenvalue weighted by Gasteiger charge is -2.23. The lowest BCUT2D eigenvalue weighted by Crippen LogP contribution is -2.41. The number of anilines is 2. The lowest BCUT2D eigenvalue weighted by molar-refractivity contribution is -0.000938. The molecular weight excluding hydrogens is 553 g/mol. The van der Waals surface area contributed by atoms with Gasteiger partial charge in [0.15, 0.2) is 0 Å². The van der Waals surface area contributed by atoms with Gasteiger partial charge in [-0.25, -0.2) is 9.48 Å². The van der Waals surface area contributed by atoms with E-state index in [0.29, 0.717) is 65.8 Å². The summed E-state index contributed by atoms with van der Waals surface area (Å²) in [7, 11) is 1.65. The van der Waals surface area contributed by atoms with Crippen molar-refractivity contribution in [3.8, 4) is 11.6 Å². The van der Waals surface area contributed by atoms with Crippen molar-refractivity contribution in [2.24, 2.45) is 0 Å². The van der Waals surface area contributed by atoms with E-state index in [4.69, 9.17) is 37.4 Å². The molecule has 2 amide bonds. The summed E-state index contributed by atoms with van der Waals surface area (Å²) in [6.07, 6.45) is 1.36. The molecule has 4 rings (SSSR count). The number of nitrogens with zero attached hydrogens (tertiary/aromatic N) is 2. The Balaban J connectivity index is 0.00000400. The Hall–Kier alpha value is -2.53. The van der Waals surface area contributed by atoms with E-state index in [0.717, 1.165) is 24.2 Å². The fraction of sp³-hybridized carbons (Fsp3) is 0.385. The quantitative estimate of drug-likeness (QED) is 0.272. The van der Waals surface area contributed by atoms with Crippen LogP contribution in [0.3, 0.4) is 0 Å². The fourth-order valence-electron chi connectivity index (χ4n) is 3.99. The number of hydrogen-bond donors (Lipinski definition) is 3. The Labute approximate surface area is 238 Å². The number of methoxy groups -OCH3 is 1. The monoisotopic (exact) mass is 583 g/mol. The van der Waals surface area contributed by atoms with E-state index < -0.39 is 6.03 Å². The predicted molar refractivity (Wildman–Crippen MR) is 153 cm³/mol. The van der Waals surface area contributed by atoms with Gasteiger partial charge >= 0.3 is 6.03 Å². The number of morpholine rings is 1. The molecule has 1 aromatic heterocycles. The Morgan fingerprint density at radius 2 is 1.97 bits per heavy atom. The number of ether oxygens (including phenoxy) is 3. The Morgan fingerprint density at radius 3 is 2.68 bits per heavy atom. The number of rotatable bonds is 10. The molecule has 2 heterocycles. The molecule has 38 heavy (non-hydrogen) atoms. The Morgan fingerprint density at radius 1 is 1.21 bits per heavy atom. The van der Waals surface area contributed by atoms with Gasteiger partial charge in [0.2, 0.25) is 5.88 Å². The molecule has 1 saturated heterocycles. The van der Waals surface area contributed by atoms with Crippen molar-refractivity contribution in [1.82, 2.24) is 15.1 Å². The average Bonchev–Trinajstić information content (AvgIpc) is 3.21. The van der Waals surface area contributed by atoms with E-state index in [-0.39, 0.29) is 18.5 Å². The maximum atomic E-state index is 13.2. The van der Waals surface area contributed by atoms with E-state index in [1.165, 1.54) is 0 Å². The first-order valence-electron chi connectivity index (χ1n) is 12.1. The first kappa shape index (κ1) is 30.0. The van der Waals surface area contributed by atoms with Crippen LogP contribution < -0.4 is 20.7 Å². The van der Waals surface area contributed by atoms with Crippen molar-refractivity contribution < 1.29 is 19.0 Å². The smallest absolute Gasteiger partial charge is 0.324 e. The minimum Gasteiger partial charge on any atom is -0.474 e. The zero-order valence-electron chi connectivity index (χ0n) is 21.3. The van der Waals surface area contributed by atoms with Crippen LogP contribution >= 0.6 is 35.6 Å². The van der Waals surface area contributed by atoms with Crippen LogP contribution in [0.5, 0.6) is 5.88 Å². The molecule has 2 aromatic carbocycles. The number of hydrogen-bond acceptors (Lipinski definition) is 6. The number of nitrogens with one attached hydrogen (secondary N) is 3. The minimum absolute atomic E-state index is 0. The van der Waals surface area contributed by atoms with Crippen LogP contribution in [0.1, 0.15) is 17.5 Å². The molecule has 1 fully saturated rings. The number of halogens is 3. The maximum Gasteiger partial charge on any atom is 0.324 e. The zero-order chi connectivity index (χ0) is 26.2. The lowest BCUT2D eigenvalue weighted by atomic mass is 10.1. The van der Waals surface area contributed by atoms with Gasteiger partial charge in [-0.3, -0.25) is 5.32 Å². The van der Waals surface area contributed by atoms with Crippen LogP contribution in [0.25, 0.3) is 5.69 Å². The number of carbonyl (C=O) groups excluding carboxylic acids is 1. The van der Waals surface area contributed by atoms with Crippen LogP contribution in [0.15, 0.2) is 42.5 Å². The molecule has 0 bridgehead atoms. The number of aryl methyl sites for hydroxylation is 1. The summed E-state index contributed by atoms with van der Waals surface area (Å²) in [5.74, 6) is 0.908. The van der Waals surface area contributed by atoms with Crippen LogP contribution in [-0.4, -0.2) is 61.9 Å². The van der Waals surface area contributed by atoms with Crippen molar-refractivity contribution in [3.05, 3.63) is 63.6 Å². The maximum absolute atomic E-state index is 13.2. The predicted octanol–water partition coefficient (Wildman–Crippen LogP) is 5.50. The van der Waals surface area contributed by atoms with E-state index >= 15 is 0 Å². The number of aromatic nitrogens is 2. The fourth-order valence-corrected chi connectivity index (χ4v) is 4.34. The number of para-hydroxylation sites is 1. The third kappa shape index (κ3) is 7.75. The molecule has 1 atom stereocenters. The van der Waals surface area contributed by atoms with Crippen LogP contribution in [0.2, 0.25) is 10.0 Å². The first-order valence-corrected chi connectivity index (χ1v) is 12.9. The summed E-state index contributed by atoms with van der Waals surface area (Å²) in [6.45, 7) is 4.97. The summed E-state index contributed by atoms with van der Waals surface area (Å²) in [6, 6.07) is 12.5. The first-order chi connectivity index (χ1) is 18.0. The van der Waals surface area contributed by atoms with Crippen LogP contribution in [-0.2, 0) is 15.9 Å². The number of benzene rings is 2. The van der Waals surface area contributed by atoms with Gasteiger partial charge < -0.3 is 24.8 Å². The summed E-state index contributed by atoms with van der Waals surface area (Å²) in [5.41, 5.74) is 2.91. The van der Waals surface area contributed by atoms with Gasteiger partial charge in [-0.15, -0.1) is 17.5 Å². The largest absolute Gasteiger partial charge is 0.474 e. The minimum atomic E-state index is -0.446. The number of amides is 2. The standard InChI is InChI=1S/C26H31Cl2N5O4.ClH/c1-17-24(31-26(34)30-23-14-22(28)21(27)13-18(23)7-6-11-35-2)33(19-8-4-3-5-9-19)32-25(17)37-16-20-15-29-10-12-36-20;/h3-5,8-9,13-14,20,29H,6-7,10-12,15-16H2,1-2H3,(H2,30,31,34);1H/t20-;/m0./s1. The highest BCUT2D eigenvalue weighted by molar-refractivity contribution is 6.42. The third-order valence-electron chi connectivity index (χ3n) is 5.91. The molecule has 206 valence electrons. The molecule has 1 aliphatic rings. The van der Waals surface area contributed by atoms with Gasteiger partial charge in [-0.1, -0.05) is 41.4 Å². The SMILES string of the molecule is COCCCc1cc(Cl)c(Cl)cc1NC(=O)Nc1c(C)c(OC[C@@H]2CNCCO2)nn1-c1ccccc1.Cl. The summed E-state index contributed by atoms with van der Waals surface area (Å²) in [5, 5.41) is 14.6. The highest BCUT2D eigenvalue weighted by atomic mass is 35.5. The van der Waals surface area contributed by atoms with Crippen molar-refractivity contribution in [3.63, 3.8) is 0 Å². The van der Waals surface area contributed by atoms with Gasteiger partial charge in [0, 0.05) is 32.5 Å². The molecule has 0 aliphatic carbocycles. The second-order valence-electron chi connectivity index (χ2n) is 8.63. The summed E-state index contributed by atoms with van der Waals surface area (Å²) >= 11 is 12.5. The van der Waals surface area contributed by atoms with E-state index in [9.17, 15) is 4.79 Å². The third-order valence-corrected chi connectivity index (χ3v) is 6.63. The molecule has 0 spiro atoms. The Bertz CT molecular complexity index is 1200. The molecular formula is C26H32Cl3N5O4. The Kier molecular flexibility index (Phi) is 11.5. The molecule has 1 aliphatic heterocycles. The topological polar surface area (TPSA) is 98.7 Å². The summed E-state index contributed by atoms with van der Waals surface area (Å²) in [4.78, 5) is 13.2. The molecule has 0 saturated carbocycles. The van der Waals surface area contributed by atoms with Gasteiger partial charge in [0.05, 0.1) is 27.9 Å². The highest BCUT2D eigenvalue weighted by Gasteiger charge is 2.22. The number of carbonyl (C=O) groups is 1. The van der Waals surface area contributed by atoms with Crippen LogP contribution in [0.4, 0.5) is 16.3 Å². The van der Waals surface area contributed by atoms with Crippen molar-refractivity contribution in [1.29, 1.82) is 0 Å². The van der Waals surface area contributed by atoms with E-state index in [1.807, 2.05) is 37.3 Å². The summed E-state index contributed by atoms with van der Waals surface area (Å²) < 4.78 is 18.5. The molecule has 3 aromatic rings. The van der Waals surface area contributed by atoms with Crippen molar-refractivity contribution in [2.45, 2.75) is 25.9 Å². The highest BCUT2D eigenvalue weighted by Crippen LogP contribution is 2.31. The molecule has 0 radical (unpaired) electrons. The van der Waals surface area contributed by atoms with E-state index in [1.54, 1.807) is 23.9 Å². The normalized spacial score (nSPS) is 15.0. The molecule has 9 nitrogen and oxygen atoms in total. The number of urea groups is 1. The molecule has 12 heteroatoms. The van der Waals surface area contributed by atoms with Gasteiger partial charge in [-0.05, 0) is 49.6 Å². The zero-order valence-corrected chi connectivity index (χ0v) is 23.6. The van der Waals surface area contributed by atoms with Crippen molar-refractivity contribution >= 4 is 53.1 Å².